The zero-order chi connectivity index (χ0) is 19.7. The van der Waals surface area contributed by atoms with E-state index in [4.69, 9.17) is 0 Å². The van der Waals surface area contributed by atoms with Gasteiger partial charge in [-0.25, -0.2) is 9.37 Å². The first-order valence-electron chi connectivity index (χ1n) is 9.98. The summed E-state index contributed by atoms with van der Waals surface area (Å²) >= 11 is 0. The molecule has 1 aromatic carbocycles. The van der Waals surface area contributed by atoms with Crippen molar-refractivity contribution in [2.75, 3.05) is 26.0 Å². The fraction of sp³-hybridized carbons (Fsp3) is 0.455. The first-order chi connectivity index (χ1) is 13.5. The van der Waals surface area contributed by atoms with Gasteiger partial charge in [0.1, 0.15) is 11.6 Å². The first-order valence-corrected chi connectivity index (χ1v) is 9.98. The summed E-state index contributed by atoms with van der Waals surface area (Å²) in [4.78, 5) is 6.82. The molecule has 1 fully saturated rings. The van der Waals surface area contributed by atoms with E-state index in [1.807, 2.05) is 25.4 Å². The van der Waals surface area contributed by atoms with Crippen LogP contribution in [0.4, 0.5) is 10.2 Å². The topological polar surface area (TPSA) is 46.0 Å². The molecule has 1 aliphatic rings. The summed E-state index contributed by atoms with van der Waals surface area (Å²) in [5, 5.41) is 9.43. The number of pyridine rings is 1. The van der Waals surface area contributed by atoms with Crippen molar-refractivity contribution in [2.45, 2.75) is 31.7 Å². The molecule has 3 aromatic rings. The van der Waals surface area contributed by atoms with E-state index in [0.29, 0.717) is 11.5 Å². The molecule has 4 rings (SSSR count). The quantitative estimate of drug-likeness (QED) is 0.715. The molecular formula is C22H28FN5. The molecule has 0 aliphatic heterocycles. The Labute approximate surface area is 165 Å². The highest BCUT2D eigenvalue weighted by molar-refractivity contribution is 5.88. The van der Waals surface area contributed by atoms with Crippen molar-refractivity contribution in [2.24, 2.45) is 13.0 Å². The van der Waals surface area contributed by atoms with Gasteiger partial charge in [0.05, 0.1) is 6.20 Å². The third-order valence-corrected chi connectivity index (χ3v) is 5.94. The van der Waals surface area contributed by atoms with Gasteiger partial charge in [-0.15, -0.1) is 0 Å². The Morgan fingerprint density at radius 3 is 2.57 bits per heavy atom. The summed E-state index contributed by atoms with van der Waals surface area (Å²) in [7, 11) is 6.18. The second kappa shape index (κ2) is 7.87. The Kier molecular flexibility index (Phi) is 5.31. The minimum Gasteiger partial charge on any atom is -0.370 e. The summed E-state index contributed by atoms with van der Waals surface area (Å²) in [5.74, 6) is 1.29. The molecule has 0 saturated heterocycles. The van der Waals surface area contributed by atoms with E-state index in [-0.39, 0.29) is 5.82 Å². The van der Waals surface area contributed by atoms with Crippen molar-refractivity contribution in [1.29, 1.82) is 0 Å². The van der Waals surface area contributed by atoms with E-state index in [2.05, 4.69) is 34.4 Å². The highest BCUT2D eigenvalue weighted by Gasteiger charge is 2.22. The van der Waals surface area contributed by atoms with Crippen molar-refractivity contribution < 1.29 is 4.39 Å². The molecule has 1 saturated carbocycles. The van der Waals surface area contributed by atoms with E-state index >= 15 is 0 Å². The van der Waals surface area contributed by atoms with Gasteiger partial charge >= 0.3 is 0 Å². The van der Waals surface area contributed by atoms with Gasteiger partial charge in [-0.3, -0.25) is 4.68 Å². The normalized spacial score (nSPS) is 20.0. The highest BCUT2D eigenvalue weighted by Crippen LogP contribution is 2.29. The van der Waals surface area contributed by atoms with Crippen molar-refractivity contribution >= 4 is 16.6 Å². The lowest BCUT2D eigenvalue weighted by atomic mass is 9.85. The molecule has 0 radical (unpaired) electrons. The maximum absolute atomic E-state index is 14.5. The number of anilines is 1. The molecule has 1 N–H and O–H groups in total. The SMILES string of the molecule is CN(C)C1CCC(CNc2cc3cc(-c4cnn(C)c4)c(F)cc3cn2)CC1. The molecule has 28 heavy (non-hydrogen) atoms. The molecule has 2 heterocycles. The summed E-state index contributed by atoms with van der Waals surface area (Å²) < 4.78 is 16.2. The number of rotatable bonds is 5. The molecule has 1 aliphatic carbocycles. The third-order valence-electron chi connectivity index (χ3n) is 5.94. The predicted octanol–water partition coefficient (Wildman–Crippen LogP) is 4.31. The number of benzene rings is 1. The summed E-state index contributed by atoms with van der Waals surface area (Å²) in [6.45, 7) is 0.940. The summed E-state index contributed by atoms with van der Waals surface area (Å²) in [6.07, 6.45) is 10.3. The number of nitrogens with one attached hydrogen (secondary N) is 1. The van der Waals surface area contributed by atoms with Gasteiger partial charge in [0.2, 0.25) is 0 Å². The monoisotopic (exact) mass is 381 g/mol. The van der Waals surface area contributed by atoms with Crippen LogP contribution in [0.1, 0.15) is 25.7 Å². The lowest BCUT2D eigenvalue weighted by molar-refractivity contribution is 0.198. The maximum atomic E-state index is 14.5. The summed E-state index contributed by atoms with van der Waals surface area (Å²) in [6, 6.07) is 6.17. The molecule has 148 valence electrons. The average molecular weight is 381 g/mol. The fourth-order valence-corrected chi connectivity index (χ4v) is 4.16. The molecule has 0 spiro atoms. The predicted molar refractivity (Wildman–Crippen MR) is 112 cm³/mol. The number of hydrogen-bond donors (Lipinski definition) is 1. The van der Waals surface area contributed by atoms with Gasteiger partial charge < -0.3 is 10.2 Å². The van der Waals surface area contributed by atoms with Crippen LogP contribution < -0.4 is 5.32 Å². The Balaban J connectivity index is 1.47. The van der Waals surface area contributed by atoms with E-state index < -0.39 is 0 Å². The molecule has 0 bridgehead atoms. The van der Waals surface area contributed by atoms with Crippen LogP contribution in [0, 0.1) is 11.7 Å². The van der Waals surface area contributed by atoms with Crippen molar-refractivity contribution in [1.82, 2.24) is 19.7 Å². The minimum absolute atomic E-state index is 0.249. The Morgan fingerprint density at radius 1 is 1.11 bits per heavy atom. The largest absolute Gasteiger partial charge is 0.370 e. The third kappa shape index (κ3) is 4.02. The van der Waals surface area contributed by atoms with Crippen LogP contribution in [0.15, 0.2) is 36.8 Å². The Hall–Kier alpha value is -2.47. The molecule has 6 heteroatoms. The van der Waals surface area contributed by atoms with Crippen molar-refractivity contribution in [3.8, 4) is 11.1 Å². The van der Waals surface area contributed by atoms with E-state index in [1.165, 1.54) is 25.7 Å². The maximum Gasteiger partial charge on any atom is 0.131 e. The van der Waals surface area contributed by atoms with Gasteiger partial charge in [0.15, 0.2) is 0 Å². The van der Waals surface area contributed by atoms with Gasteiger partial charge in [0.25, 0.3) is 0 Å². The number of aromatic nitrogens is 3. The second-order valence-corrected chi connectivity index (χ2v) is 8.17. The zero-order valence-corrected chi connectivity index (χ0v) is 16.8. The average Bonchev–Trinajstić information content (AvgIpc) is 3.12. The van der Waals surface area contributed by atoms with Crippen molar-refractivity contribution in [3.05, 3.63) is 42.6 Å². The number of halogens is 1. The second-order valence-electron chi connectivity index (χ2n) is 8.17. The molecule has 2 aromatic heterocycles. The van der Waals surface area contributed by atoms with Crippen LogP contribution in [0.5, 0.6) is 0 Å². The Bertz CT molecular complexity index is 957. The van der Waals surface area contributed by atoms with Gasteiger partial charge in [0, 0.05) is 48.5 Å². The van der Waals surface area contributed by atoms with Crippen LogP contribution in [-0.4, -0.2) is 46.3 Å². The van der Waals surface area contributed by atoms with E-state index in [1.54, 1.807) is 23.1 Å². The lowest BCUT2D eigenvalue weighted by Crippen LogP contribution is -2.33. The number of hydrogen-bond acceptors (Lipinski definition) is 4. The lowest BCUT2D eigenvalue weighted by Gasteiger charge is -2.32. The van der Waals surface area contributed by atoms with Gasteiger partial charge in [-0.1, -0.05) is 0 Å². The molecular weight excluding hydrogens is 353 g/mol. The molecule has 0 amide bonds. The fourth-order valence-electron chi connectivity index (χ4n) is 4.16. The molecule has 0 atom stereocenters. The minimum atomic E-state index is -0.249. The van der Waals surface area contributed by atoms with Crippen molar-refractivity contribution in [3.63, 3.8) is 0 Å². The van der Waals surface area contributed by atoms with Crippen LogP contribution in [0.2, 0.25) is 0 Å². The first kappa shape index (κ1) is 18.9. The van der Waals surface area contributed by atoms with Crippen LogP contribution in [-0.2, 0) is 7.05 Å². The van der Waals surface area contributed by atoms with E-state index in [0.717, 1.165) is 34.7 Å². The van der Waals surface area contributed by atoms with Crippen LogP contribution >= 0.6 is 0 Å². The zero-order valence-electron chi connectivity index (χ0n) is 16.8. The van der Waals surface area contributed by atoms with Gasteiger partial charge in [-0.05, 0) is 69.3 Å². The van der Waals surface area contributed by atoms with Crippen LogP contribution in [0.3, 0.4) is 0 Å². The Morgan fingerprint density at radius 2 is 1.89 bits per heavy atom. The van der Waals surface area contributed by atoms with Gasteiger partial charge in [-0.2, -0.15) is 5.10 Å². The number of nitrogens with zero attached hydrogens (tertiary/aromatic N) is 4. The summed E-state index contributed by atoms with van der Waals surface area (Å²) in [5.41, 5.74) is 1.35. The number of fused-ring (bicyclic) bond motifs is 1. The molecule has 0 unspecified atom stereocenters. The van der Waals surface area contributed by atoms with E-state index in [9.17, 15) is 4.39 Å². The molecule has 5 nitrogen and oxygen atoms in total. The standard InChI is InChI=1S/C22H28FN5/c1-27(2)19-6-4-15(5-7-19)11-24-22-10-16-8-20(18-13-26-28(3)14-18)21(23)9-17(16)12-25-22/h8-10,12-15,19H,4-7,11H2,1-3H3,(H,24,25). The highest BCUT2D eigenvalue weighted by atomic mass is 19.1. The number of aryl methyl sites for hydroxylation is 1. The van der Waals surface area contributed by atoms with Crippen LogP contribution in [0.25, 0.3) is 21.9 Å². The smallest absolute Gasteiger partial charge is 0.131 e.